The van der Waals surface area contributed by atoms with Crippen molar-refractivity contribution in [3.8, 4) is 17.2 Å². The van der Waals surface area contributed by atoms with Gasteiger partial charge in [0.25, 0.3) is 0 Å². The summed E-state index contributed by atoms with van der Waals surface area (Å²) in [5.41, 5.74) is 3.54. The molecule has 1 aromatic heterocycles. The van der Waals surface area contributed by atoms with Crippen LogP contribution >= 0.6 is 0 Å². The highest BCUT2D eigenvalue weighted by molar-refractivity contribution is 5.55. The van der Waals surface area contributed by atoms with Gasteiger partial charge in [-0.05, 0) is 41.8 Å². The van der Waals surface area contributed by atoms with Gasteiger partial charge in [0.05, 0.1) is 27.4 Å². The number of benzene rings is 1. The summed E-state index contributed by atoms with van der Waals surface area (Å²) in [5.74, 6) is 1.96. The lowest BCUT2D eigenvalue weighted by atomic mass is 9.93. The van der Waals surface area contributed by atoms with Crippen LogP contribution in [0.15, 0.2) is 30.6 Å². The molecular weight excluding hydrogens is 330 g/mol. The minimum Gasteiger partial charge on any atom is -0.493 e. The highest BCUT2D eigenvalue weighted by atomic mass is 16.5. The molecule has 0 amide bonds. The van der Waals surface area contributed by atoms with Gasteiger partial charge in [0.1, 0.15) is 0 Å². The van der Waals surface area contributed by atoms with E-state index in [2.05, 4.69) is 28.2 Å². The van der Waals surface area contributed by atoms with Crippen molar-refractivity contribution in [3.05, 3.63) is 47.3 Å². The van der Waals surface area contributed by atoms with Crippen molar-refractivity contribution < 1.29 is 14.2 Å². The lowest BCUT2D eigenvalue weighted by Crippen LogP contribution is -2.45. The molecule has 2 heterocycles. The number of methoxy groups -OCH3 is 3. The number of hydrogen-bond donors (Lipinski definition) is 1. The standard InChI is InChI=1S/C20H27N3O3/c1-14-13-22-6-5-16(14)19(23-9-7-21-8-10-23)15-11-17(24-2)20(26-4)18(12-15)25-3/h5-6,11-13,19,21H,7-10H2,1-4H3. The molecule has 0 radical (unpaired) electrons. The van der Waals surface area contributed by atoms with Gasteiger partial charge in [0.2, 0.25) is 5.75 Å². The lowest BCUT2D eigenvalue weighted by molar-refractivity contribution is 0.197. The third-order valence-corrected chi connectivity index (χ3v) is 4.88. The van der Waals surface area contributed by atoms with E-state index in [1.807, 2.05) is 24.5 Å². The van der Waals surface area contributed by atoms with E-state index in [0.717, 1.165) is 31.7 Å². The maximum atomic E-state index is 5.57. The lowest BCUT2D eigenvalue weighted by Gasteiger charge is -2.36. The van der Waals surface area contributed by atoms with Crippen molar-refractivity contribution in [1.29, 1.82) is 0 Å². The molecule has 1 aliphatic heterocycles. The number of piperazine rings is 1. The zero-order valence-corrected chi connectivity index (χ0v) is 15.9. The van der Waals surface area contributed by atoms with Crippen LogP contribution in [0.4, 0.5) is 0 Å². The first-order valence-electron chi connectivity index (χ1n) is 8.84. The molecule has 1 unspecified atom stereocenters. The van der Waals surface area contributed by atoms with E-state index in [1.54, 1.807) is 21.3 Å². The van der Waals surface area contributed by atoms with Crippen LogP contribution in [0.25, 0.3) is 0 Å². The van der Waals surface area contributed by atoms with Gasteiger partial charge in [-0.1, -0.05) is 0 Å². The van der Waals surface area contributed by atoms with Crippen LogP contribution in [0.1, 0.15) is 22.7 Å². The first kappa shape index (κ1) is 18.5. The fourth-order valence-electron chi connectivity index (χ4n) is 3.58. The summed E-state index contributed by atoms with van der Waals surface area (Å²) in [6, 6.07) is 6.31. The van der Waals surface area contributed by atoms with Crippen LogP contribution in [0.3, 0.4) is 0 Å². The van der Waals surface area contributed by atoms with Crippen LogP contribution in [0.5, 0.6) is 17.2 Å². The van der Waals surface area contributed by atoms with Crippen LogP contribution < -0.4 is 19.5 Å². The summed E-state index contributed by atoms with van der Waals surface area (Å²) in [4.78, 5) is 6.75. The normalized spacial score (nSPS) is 16.2. The zero-order chi connectivity index (χ0) is 18.5. The van der Waals surface area contributed by atoms with Crippen molar-refractivity contribution in [1.82, 2.24) is 15.2 Å². The van der Waals surface area contributed by atoms with Gasteiger partial charge in [-0.15, -0.1) is 0 Å². The fraction of sp³-hybridized carbons (Fsp3) is 0.450. The van der Waals surface area contributed by atoms with Crippen molar-refractivity contribution in [2.45, 2.75) is 13.0 Å². The van der Waals surface area contributed by atoms with Crippen molar-refractivity contribution >= 4 is 0 Å². The topological polar surface area (TPSA) is 55.9 Å². The van der Waals surface area contributed by atoms with Gasteiger partial charge in [0.15, 0.2) is 11.5 Å². The molecule has 2 aromatic rings. The van der Waals surface area contributed by atoms with E-state index >= 15 is 0 Å². The highest BCUT2D eigenvalue weighted by Crippen LogP contribution is 2.42. The molecule has 0 aliphatic carbocycles. The molecule has 6 heteroatoms. The van der Waals surface area contributed by atoms with E-state index in [1.165, 1.54) is 11.1 Å². The van der Waals surface area contributed by atoms with Crippen molar-refractivity contribution in [2.24, 2.45) is 0 Å². The number of aromatic nitrogens is 1. The van der Waals surface area contributed by atoms with E-state index in [-0.39, 0.29) is 6.04 Å². The van der Waals surface area contributed by atoms with Crippen LogP contribution in [0.2, 0.25) is 0 Å². The van der Waals surface area contributed by atoms with Crippen LogP contribution in [-0.4, -0.2) is 57.4 Å². The summed E-state index contributed by atoms with van der Waals surface area (Å²) in [6.07, 6.45) is 3.78. The molecule has 6 nitrogen and oxygen atoms in total. The van der Waals surface area contributed by atoms with Gasteiger partial charge in [-0.3, -0.25) is 9.88 Å². The second-order valence-corrected chi connectivity index (χ2v) is 6.38. The predicted octanol–water partition coefficient (Wildman–Crippen LogP) is 2.41. The third kappa shape index (κ3) is 3.61. The second-order valence-electron chi connectivity index (χ2n) is 6.38. The smallest absolute Gasteiger partial charge is 0.203 e. The minimum atomic E-state index is 0.105. The Morgan fingerprint density at radius 1 is 1.04 bits per heavy atom. The van der Waals surface area contributed by atoms with Gasteiger partial charge >= 0.3 is 0 Å². The Balaban J connectivity index is 2.14. The van der Waals surface area contributed by atoms with E-state index in [4.69, 9.17) is 14.2 Å². The molecule has 0 bridgehead atoms. The average molecular weight is 357 g/mol. The van der Waals surface area contributed by atoms with Crippen LogP contribution in [0, 0.1) is 6.92 Å². The van der Waals surface area contributed by atoms with E-state index < -0.39 is 0 Å². The first-order chi connectivity index (χ1) is 12.7. The molecule has 1 N–H and O–H groups in total. The largest absolute Gasteiger partial charge is 0.493 e. The predicted molar refractivity (Wildman–Crippen MR) is 101 cm³/mol. The maximum Gasteiger partial charge on any atom is 0.203 e. The molecule has 1 aromatic carbocycles. The fourth-order valence-corrected chi connectivity index (χ4v) is 3.58. The number of pyridine rings is 1. The Hall–Kier alpha value is -2.31. The number of nitrogens with one attached hydrogen (secondary N) is 1. The van der Waals surface area contributed by atoms with Gasteiger partial charge < -0.3 is 19.5 Å². The molecule has 1 saturated heterocycles. The quantitative estimate of drug-likeness (QED) is 0.857. The van der Waals surface area contributed by atoms with Crippen LogP contribution in [-0.2, 0) is 0 Å². The number of aryl methyl sites for hydroxylation is 1. The Morgan fingerprint density at radius 3 is 2.23 bits per heavy atom. The summed E-state index contributed by atoms with van der Waals surface area (Å²) < 4.78 is 16.6. The number of hydrogen-bond acceptors (Lipinski definition) is 6. The molecule has 0 saturated carbocycles. The molecule has 3 rings (SSSR count). The SMILES string of the molecule is COc1cc(C(c2ccncc2C)N2CCNCC2)cc(OC)c1OC. The third-order valence-electron chi connectivity index (χ3n) is 4.88. The Morgan fingerprint density at radius 2 is 1.69 bits per heavy atom. The van der Waals surface area contributed by atoms with Gasteiger partial charge in [0, 0.05) is 38.6 Å². The second kappa shape index (κ2) is 8.38. The monoisotopic (exact) mass is 357 g/mol. The summed E-state index contributed by atoms with van der Waals surface area (Å²) in [6.45, 7) is 6.01. The van der Waals surface area contributed by atoms with Crippen molar-refractivity contribution in [2.75, 3.05) is 47.5 Å². The molecule has 1 fully saturated rings. The molecule has 1 aliphatic rings. The molecule has 140 valence electrons. The molecule has 1 atom stereocenters. The zero-order valence-electron chi connectivity index (χ0n) is 15.9. The molecule has 26 heavy (non-hydrogen) atoms. The Bertz CT molecular complexity index is 720. The Labute approximate surface area is 155 Å². The van der Waals surface area contributed by atoms with Gasteiger partial charge in [-0.25, -0.2) is 0 Å². The molecular formula is C20H27N3O3. The summed E-state index contributed by atoms with van der Waals surface area (Å²) >= 11 is 0. The van der Waals surface area contributed by atoms with E-state index in [9.17, 15) is 0 Å². The van der Waals surface area contributed by atoms with Crippen molar-refractivity contribution in [3.63, 3.8) is 0 Å². The van der Waals surface area contributed by atoms with Gasteiger partial charge in [-0.2, -0.15) is 0 Å². The maximum absolute atomic E-state index is 5.57. The number of nitrogens with zero attached hydrogens (tertiary/aromatic N) is 2. The number of rotatable bonds is 6. The van der Waals surface area contributed by atoms with E-state index in [0.29, 0.717) is 17.2 Å². The first-order valence-corrected chi connectivity index (χ1v) is 8.84. The Kier molecular flexibility index (Phi) is 5.96. The summed E-state index contributed by atoms with van der Waals surface area (Å²) in [7, 11) is 4.93. The average Bonchev–Trinajstić information content (AvgIpc) is 2.69. The summed E-state index contributed by atoms with van der Waals surface area (Å²) in [5, 5.41) is 3.43. The minimum absolute atomic E-state index is 0.105. The number of ether oxygens (including phenoxy) is 3. The highest BCUT2D eigenvalue weighted by Gasteiger charge is 2.27. The molecule has 0 spiro atoms.